The Hall–Kier alpha value is -3.87. The van der Waals surface area contributed by atoms with Crippen molar-refractivity contribution in [3.05, 3.63) is 82.4 Å². The number of carbonyl (C=O) groups is 2. The number of hydrogen-bond donors (Lipinski definition) is 1. The molecule has 31 heavy (non-hydrogen) atoms. The summed E-state index contributed by atoms with van der Waals surface area (Å²) >= 11 is 0. The van der Waals surface area contributed by atoms with Gasteiger partial charge in [-0.05, 0) is 39.0 Å². The summed E-state index contributed by atoms with van der Waals surface area (Å²) in [5.41, 5.74) is 3.95. The lowest BCUT2D eigenvalue weighted by Crippen LogP contribution is -2.15. The summed E-state index contributed by atoms with van der Waals surface area (Å²) < 4.78 is 16.3. The predicted molar refractivity (Wildman–Crippen MR) is 114 cm³/mol. The molecule has 0 aliphatic rings. The highest BCUT2D eigenvalue weighted by atomic mass is 16.5. The predicted octanol–water partition coefficient (Wildman–Crippen LogP) is 4.70. The molecule has 7 heteroatoms. The maximum atomic E-state index is 12.8. The largest absolute Gasteiger partial charge is 0.488 e. The van der Waals surface area contributed by atoms with Crippen molar-refractivity contribution in [2.75, 3.05) is 6.61 Å². The van der Waals surface area contributed by atoms with E-state index >= 15 is 0 Å². The maximum Gasteiger partial charge on any atom is 0.342 e. The van der Waals surface area contributed by atoms with Gasteiger partial charge in [0.05, 0.1) is 11.3 Å². The lowest BCUT2D eigenvalue weighted by atomic mass is 10.1. The van der Waals surface area contributed by atoms with Gasteiger partial charge in [0.25, 0.3) is 0 Å². The van der Waals surface area contributed by atoms with Crippen molar-refractivity contribution >= 4 is 22.7 Å². The first-order valence-electron chi connectivity index (χ1n) is 9.87. The summed E-state index contributed by atoms with van der Waals surface area (Å²) in [6.07, 6.45) is 0. The molecule has 4 aromatic rings. The van der Waals surface area contributed by atoms with E-state index in [2.05, 4.69) is 10.1 Å². The molecule has 0 radical (unpaired) electrons. The van der Waals surface area contributed by atoms with Gasteiger partial charge in [-0.1, -0.05) is 35.5 Å². The second-order valence-corrected chi connectivity index (χ2v) is 7.26. The number of benzene rings is 2. The van der Waals surface area contributed by atoms with Gasteiger partial charge in [-0.25, -0.2) is 4.79 Å². The van der Waals surface area contributed by atoms with Crippen LogP contribution >= 0.6 is 0 Å². The van der Waals surface area contributed by atoms with E-state index in [1.54, 1.807) is 31.2 Å². The van der Waals surface area contributed by atoms with Crippen molar-refractivity contribution in [1.29, 1.82) is 0 Å². The van der Waals surface area contributed by atoms with E-state index in [0.29, 0.717) is 17.1 Å². The standard InChI is InChI=1S/C24H22N2O5/c1-14-19(16(3)31-26-14)12-29-22-11-7-5-9-18(22)24(28)30-13-21(27)23-15(2)25-20-10-6-4-8-17(20)23/h4-11,25H,12-13H2,1-3H3. The molecule has 0 amide bonds. The van der Waals surface area contributed by atoms with Crippen molar-refractivity contribution in [3.8, 4) is 5.75 Å². The number of aromatic amines is 1. The molecule has 0 unspecified atom stereocenters. The highest BCUT2D eigenvalue weighted by Gasteiger charge is 2.20. The summed E-state index contributed by atoms with van der Waals surface area (Å²) in [4.78, 5) is 28.6. The fourth-order valence-electron chi connectivity index (χ4n) is 3.54. The van der Waals surface area contributed by atoms with Gasteiger partial charge in [-0.3, -0.25) is 4.79 Å². The van der Waals surface area contributed by atoms with Crippen molar-refractivity contribution in [2.45, 2.75) is 27.4 Å². The van der Waals surface area contributed by atoms with E-state index < -0.39 is 5.97 Å². The summed E-state index contributed by atoms with van der Waals surface area (Å²) in [6.45, 7) is 5.30. The zero-order valence-corrected chi connectivity index (χ0v) is 17.5. The maximum absolute atomic E-state index is 12.8. The highest BCUT2D eigenvalue weighted by molar-refractivity contribution is 6.10. The number of rotatable bonds is 7. The Bertz CT molecular complexity index is 1250. The Kier molecular flexibility index (Phi) is 5.58. The van der Waals surface area contributed by atoms with Crippen LogP contribution in [-0.2, 0) is 11.3 Å². The van der Waals surface area contributed by atoms with E-state index in [1.165, 1.54) is 0 Å². The molecule has 2 aromatic heterocycles. The molecule has 158 valence electrons. The van der Waals surface area contributed by atoms with Crippen LogP contribution in [0.25, 0.3) is 10.9 Å². The summed E-state index contributed by atoms with van der Waals surface area (Å²) in [6, 6.07) is 14.3. The number of fused-ring (bicyclic) bond motifs is 1. The quantitative estimate of drug-likeness (QED) is 0.345. The van der Waals surface area contributed by atoms with E-state index in [9.17, 15) is 9.59 Å². The second-order valence-electron chi connectivity index (χ2n) is 7.26. The minimum Gasteiger partial charge on any atom is -0.488 e. The molecule has 0 saturated carbocycles. The van der Waals surface area contributed by atoms with Crippen LogP contribution in [0.1, 0.15) is 43.4 Å². The molecular formula is C24H22N2O5. The number of H-pyrrole nitrogens is 1. The Labute approximate surface area is 179 Å². The summed E-state index contributed by atoms with van der Waals surface area (Å²) in [5, 5.41) is 4.71. The van der Waals surface area contributed by atoms with Gasteiger partial charge in [-0.2, -0.15) is 0 Å². The smallest absolute Gasteiger partial charge is 0.342 e. The van der Waals surface area contributed by atoms with Gasteiger partial charge in [0.2, 0.25) is 5.78 Å². The Morgan fingerprint density at radius 3 is 2.55 bits per heavy atom. The molecule has 0 bridgehead atoms. The Balaban J connectivity index is 1.46. The molecule has 1 N–H and O–H groups in total. The number of ether oxygens (including phenoxy) is 2. The van der Waals surface area contributed by atoms with Crippen molar-refractivity contribution < 1.29 is 23.6 Å². The number of aryl methyl sites for hydroxylation is 3. The van der Waals surface area contributed by atoms with Gasteiger partial charge >= 0.3 is 5.97 Å². The minimum atomic E-state index is -0.625. The van der Waals surface area contributed by atoms with E-state index in [-0.39, 0.29) is 24.6 Å². The fraction of sp³-hybridized carbons (Fsp3) is 0.208. The van der Waals surface area contributed by atoms with Crippen LogP contribution in [0.15, 0.2) is 53.1 Å². The SMILES string of the molecule is Cc1noc(C)c1COc1ccccc1C(=O)OCC(=O)c1c(C)[nH]c2ccccc12. The van der Waals surface area contributed by atoms with E-state index in [1.807, 2.05) is 38.1 Å². The van der Waals surface area contributed by atoms with Crippen molar-refractivity contribution in [2.24, 2.45) is 0 Å². The molecule has 7 nitrogen and oxygen atoms in total. The number of aromatic nitrogens is 2. The van der Waals surface area contributed by atoms with Gasteiger partial charge in [-0.15, -0.1) is 0 Å². The van der Waals surface area contributed by atoms with Crippen molar-refractivity contribution in [1.82, 2.24) is 10.1 Å². The molecule has 0 aliphatic carbocycles. The van der Waals surface area contributed by atoms with Crippen LogP contribution in [-0.4, -0.2) is 28.5 Å². The lowest BCUT2D eigenvalue weighted by molar-refractivity contribution is 0.0470. The molecule has 2 aromatic carbocycles. The van der Waals surface area contributed by atoms with Crippen LogP contribution in [0.5, 0.6) is 5.75 Å². The number of nitrogens with one attached hydrogen (secondary N) is 1. The molecule has 0 aliphatic heterocycles. The molecule has 0 spiro atoms. The average molecular weight is 418 g/mol. The molecule has 0 atom stereocenters. The van der Waals surface area contributed by atoms with Crippen LogP contribution in [0, 0.1) is 20.8 Å². The Morgan fingerprint density at radius 2 is 1.77 bits per heavy atom. The normalized spacial score (nSPS) is 10.9. The van der Waals surface area contributed by atoms with Crippen molar-refractivity contribution in [3.63, 3.8) is 0 Å². The first kappa shape index (κ1) is 20.4. The van der Waals surface area contributed by atoms with Gasteiger partial charge in [0, 0.05) is 22.2 Å². The van der Waals surface area contributed by atoms with Gasteiger partial charge in [0.1, 0.15) is 23.7 Å². The fourth-order valence-corrected chi connectivity index (χ4v) is 3.54. The highest BCUT2D eigenvalue weighted by Crippen LogP contribution is 2.24. The molecule has 0 saturated heterocycles. The third-order valence-corrected chi connectivity index (χ3v) is 5.17. The van der Waals surface area contributed by atoms with Gasteiger partial charge in [0.15, 0.2) is 6.61 Å². The minimum absolute atomic E-state index is 0.207. The third kappa shape index (κ3) is 4.07. The summed E-state index contributed by atoms with van der Waals surface area (Å²) in [7, 11) is 0. The number of carbonyl (C=O) groups excluding carboxylic acids is 2. The lowest BCUT2D eigenvalue weighted by Gasteiger charge is -2.11. The third-order valence-electron chi connectivity index (χ3n) is 5.17. The van der Waals surface area contributed by atoms with E-state index in [0.717, 1.165) is 27.9 Å². The second kappa shape index (κ2) is 8.47. The zero-order valence-electron chi connectivity index (χ0n) is 17.5. The number of ketones is 1. The molecule has 2 heterocycles. The number of para-hydroxylation sites is 2. The number of hydrogen-bond acceptors (Lipinski definition) is 6. The van der Waals surface area contributed by atoms with Crippen LogP contribution in [0.4, 0.5) is 0 Å². The van der Waals surface area contributed by atoms with Crippen LogP contribution < -0.4 is 4.74 Å². The zero-order chi connectivity index (χ0) is 22.0. The molecule has 4 rings (SSSR count). The number of esters is 1. The first-order chi connectivity index (χ1) is 15.0. The van der Waals surface area contributed by atoms with Gasteiger partial charge < -0.3 is 19.0 Å². The van der Waals surface area contributed by atoms with Crippen LogP contribution in [0.3, 0.4) is 0 Å². The topological polar surface area (TPSA) is 94.4 Å². The Morgan fingerprint density at radius 1 is 1.03 bits per heavy atom. The van der Waals surface area contributed by atoms with Crippen LogP contribution in [0.2, 0.25) is 0 Å². The average Bonchev–Trinajstić information content (AvgIpc) is 3.28. The molecule has 0 fully saturated rings. The monoisotopic (exact) mass is 418 g/mol. The number of nitrogens with zero attached hydrogens (tertiary/aromatic N) is 1. The molecular weight excluding hydrogens is 396 g/mol. The first-order valence-corrected chi connectivity index (χ1v) is 9.87. The van der Waals surface area contributed by atoms with E-state index in [4.69, 9.17) is 14.0 Å². The number of Topliss-reactive ketones (excluding diaryl/α,β-unsaturated/α-hetero) is 1. The summed E-state index contributed by atoms with van der Waals surface area (Å²) in [5.74, 6) is 0.137.